The number of rotatable bonds is 10. The van der Waals surface area contributed by atoms with Gasteiger partial charge in [0, 0.05) is 0 Å². The van der Waals surface area contributed by atoms with Gasteiger partial charge in [-0.25, -0.2) is 0 Å². The van der Waals surface area contributed by atoms with Crippen LogP contribution in [0.5, 0.6) is 5.75 Å². The van der Waals surface area contributed by atoms with E-state index in [9.17, 15) is 5.26 Å². The Balaban J connectivity index is 1.80. The second-order valence-electron chi connectivity index (χ2n) is 7.71. The summed E-state index contributed by atoms with van der Waals surface area (Å²) in [6, 6.07) is 11.0. The number of nitriles is 1. The molecule has 1 atom stereocenters. The molecule has 1 aliphatic carbocycles. The van der Waals surface area contributed by atoms with E-state index in [4.69, 9.17) is 4.74 Å². The highest BCUT2D eigenvalue weighted by molar-refractivity contribution is 5.28. The summed E-state index contributed by atoms with van der Waals surface area (Å²) < 4.78 is 5.78. The second kappa shape index (κ2) is 11.2. The van der Waals surface area contributed by atoms with E-state index in [0.29, 0.717) is 5.92 Å². The number of unbranched alkanes of at least 4 members (excludes halogenated alkanes) is 2. The lowest BCUT2D eigenvalue weighted by molar-refractivity contribution is 0.223. The van der Waals surface area contributed by atoms with E-state index >= 15 is 0 Å². The van der Waals surface area contributed by atoms with E-state index in [1.54, 1.807) is 0 Å². The molecule has 1 aromatic carbocycles. The highest BCUT2D eigenvalue weighted by atomic mass is 16.5. The Bertz CT molecular complexity index is 508. The van der Waals surface area contributed by atoms with Crippen molar-refractivity contribution in [2.24, 2.45) is 17.8 Å². The molecular formula is C23H35NO. The van der Waals surface area contributed by atoms with Crippen molar-refractivity contribution in [2.75, 3.05) is 6.61 Å². The summed E-state index contributed by atoms with van der Waals surface area (Å²) in [5.74, 6) is 2.61. The molecule has 0 bridgehead atoms. The lowest BCUT2D eigenvalue weighted by Crippen LogP contribution is -2.22. The van der Waals surface area contributed by atoms with E-state index in [2.05, 4.69) is 44.2 Å². The van der Waals surface area contributed by atoms with Gasteiger partial charge in [-0.05, 0) is 55.2 Å². The second-order valence-corrected chi connectivity index (χ2v) is 7.71. The third-order valence-corrected chi connectivity index (χ3v) is 5.72. The molecule has 1 aliphatic rings. The topological polar surface area (TPSA) is 33.0 Å². The fraction of sp³-hybridized carbons (Fsp3) is 0.696. The first-order chi connectivity index (χ1) is 12.3. The summed E-state index contributed by atoms with van der Waals surface area (Å²) in [4.78, 5) is 0. The third kappa shape index (κ3) is 6.73. The van der Waals surface area contributed by atoms with Gasteiger partial charge in [0.1, 0.15) is 5.75 Å². The van der Waals surface area contributed by atoms with Crippen LogP contribution < -0.4 is 4.74 Å². The lowest BCUT2D eigenvalue weighted by atomic mass is 9.73. The molecule has 0 amide bonds. The van der Waals surface area contributed by atoms with E-state index in [-0.39, 0.29) is 5.92 Å². The molecule has 0 heterocycles. The highest BCUT2D eigenvalue weighted by Crippen LogP contribution is 2.36. The van der Waals surface area contributed by atoms with Crippen molar-refractivity contribution in [3.63, 3.8) is 0 Å². The molecular weight excluding hydrogens is 306 g/mol. The van der Waals surface area contributed by atoms with Crippen LogP contribution in [0, 0.1) is 29.1 Å². The largest absolute Gasteiger partial charge is 0.494 e. The number of hydrogen-bond donors (Lipinski definition) is 0. The fourth-order valence-electron chi connectivity index (χ4n) is 4.12. The van der Waals surface area contributed by atoms with Crippen LogP contribution in [0.15, 0.2) is 24.3 Å². The van der Waals surface area contributed by atoms with Crippen molar-refractivity contribution in [3.8, 4) is 11.8 Å². The Hall–Kier alpha value is -1.49. The first-order valence-electron chi connectivity index (χ1n) is 10.4. The molecule has 0 saturated heterocycles. The van der Waals surface area contributed by atoms with Crippen LogP contribution in [0.1, 0.15) is 77.2 Å². The molecule has 2 nitrogen and oxygen atoms in total. The molecule has 1 fully saturated rings. The predicted octanol–water partition coefficient (Wildman–Crippen LogP) is 6.54. The maximum absolute atomic E-state index is 9.66. The fourth-order valence-corrected chi connectivity index (χ4v) is 4.12. The summed E-state index contributed by atoms with van der Waals surface area (Å²) >= 11 is 0. The number of nitrogens with zero attached hydrogens (tertiary/aromatic N) is 1. The molecule has 1 saturated carbocycles. The predicted molar refractivity (Wildman–Crippen MR) is 105 cm³/mol. The van der Waals surface area contributed by atoms with Gasteiger partial charge < -0.3 is 4.74 Å². The Morgan fingerprint density at radius 3 is 2.36 bits per heavy atom. The van der Waals surface area contributed by atoms with Gasteiger partial charge in [0.05, 0.1) is 18.6 Å². The smallest absolute Gasteiger partial charge is 0.119 e. The lowest BCUT2D eigenvalue weighted by Gasteiger charge is -2.31. The average molecular weight is 342 g/mol. The molecule has 2 heteroatoms. The van der Waals surface area contributed by atoms with Crippen LogP contribution in [0.4, 0.5) is 0 Å². The molecule has 1 unspecified atom stereocenters. The molecule has 0 aliphatic heterocycles. The molecule has 0 N–H and O–H groups in total. The first-order valence-corrected chi connectivity index (χ1v) is 10.4. The minimum Gasteiger partial charge on any atom is -0.494 e. The number of ether oxygens (including phenoxy) is 1. The molecule has 25 heavy (non-hydrogen) atoms. The van der Waals surface area contributed by atoms with Crippen LogP contribution >= 0.6 is 0 Å². The number of benzene rings is 1. The maximum atomic E-state index is 9.66. The summed E-state index contributed by atoms with van der Waals surface area (Å²) in [5, 5.41) is 9.66. The van der Waals surface area contributed by atoms with E-state index < -0.39 is 0 Å². The van der Waals surface area contributed by atoms with Crippen LogP contribution in [-0.4, -0.2) is 6.61 Å². The minimum absolute atomic E-state index is 0.166. The van der Waals surface area contributed by atoms with Crippen molar-refractivity contribution < 1.29 is 4.74 Å². The first kappa shape index (κ1) is 19.8. The van der Waals surface area contributed by atoms with Gasteiger partial charge in [0.15, 0.2) is 0 Å². The number of hydrogen-bond acceptors (Lipinski definition) is 2. The summed E-state index contributed by atoms with van der Waals surface area (Å²) in [6.07, 6.45) is 12.2. The van der Waals surface area contributed by atoms with Crippen molar-refractivity contribution in [1.29, 1.82) is 5.26 Å². The van der Waals surface area contributed by atoms with Crippen molar-refractivity contribution in [3.05, 3.63) is 29.8 Å². The van der Waals surface area contributed by atoms with Gasteiger partial charge in [-0.3, -0.25) is 0 Å². The maximum Gasteiger partial charge on any atom is 0.119 e. The van der Waals surface area contributed by atoms with Crippen molar-refractivity contribution >= 4 is 0 Å². The van der Waals surface area contributed by atoms with Gasteiger partial charge >= 0.3 is 0 Å². The van der Waals surface area contributed by atoms with Crippen LogP contribution in [0.3, 0.4) is 0 Å². The van der Waals surface area contributed by atoms with Crippen LogP contribution in [0.25, 0.3) is 0 Å². The SMILES string of the molecule is CCCCCOc1ccc(CC(C#N)C2CCC(CCC)CC2)cc1. The molecule has 0 spiro atoms. The molecule has 0 aromatic heterocycles. The van der Waals surface area contributed by atoms with Gasteiger partial charge in [-0.2, -0.15) is 5.26 Å². The summed E-state index contributed by atoms with van der Waals surface area (Å²) in [7, 11) is 0. The Labute approximate surface area is 154 Å². The highest BCUT2D eigenvalue weighted by Gasteiger charge is 2.27. The third-order valence-electron chi connectivity index (χ3n) is 5.72. The van der Waals surface area contributed by atoms with E-state index in [1.807, 2.05) is 0 Å². The van der Waals surface area contributed by atoms with Crippen molar-refractivity contribution in [1.82, 2.24) is 0 Å². The summed E-state index contributed by atoms with van der Waals surface area (Å²) in [5.41, 5.74) is 1.27. The van der Waals surface area contributed by atoms with Gasteiger partial charge in [0.25, 0.3) is 0 Å². The normalized spacial score (nSPS) is 21.5. The molecule has 0 radical (unpaired) electrons. The zero-order valence-electron chi connectivity index (χ0n) is 16.2. The van der Waals surface area contributed by atoms with Crippen LogP contribution in [-0.2, 0) is 6.42 Å². The zero-order valence-corrected chi connectivity index (χ0v) is 16.2. The van der Waals surface area contributed by atoms with E-state index in [1.165, 1.54) is 56.9 Å². The summed E-state index contributed by atoms with van der Waals surface area (Å²) in [6.45, 7) is 5.28. The molecule has 2 rings (SSSR count). The average Bonchev–Trinajstić information content (AvgIpc) is 2.65. The van der Waals surface area contributed by atoms with E-state index in [0.717, 1.165) is 31.1 Å². The van der Waals surface area contributed by atoms with Crippen LogP contribution in [0.2, 0.25) is 0 Å². The van der Waals surface area contributed by atoms with Gasteiger partial charge in [-0.15, -0.1) is 0 Å². The Morgan fingerprint density at radius 2 is 1.76 bits per heavy atom. The Kier molecular flexibility index (Phi) is 8.87. The van der Waals surface area contributed by atoms with Gasteiger partial charge in [0.2, 0.25) is 0 Å². The zero-order chi connectivity index (χ0) is 17.9. The van der Waals surface area contributed by atoms with Gasteiger partial charge in [-0.1, -0.05) is 64.5 Å². The molecule has 138 valence electrons. The Morgan fingerprint density at radius 1 is 1.04 bits per heavy atom. The molecule has 1 aromatic rings. The standard InChI is InChI=1S/C23H35NO/c1-3-5-6-16-25-23-14-10-20(11-15-23)17-22(18-24)21-12-8-19(7-4-2)9-13-21/h10-11,14-15,19,21-22H,3-9,12-13,16-17H2,1-2H3. The van der Waals surface area contributed by atoms with Crippen molar-refractivity contribution in [2.45, 2.75) is 78.1 Å². The minimum atomic E-state index is 0.166. The quantitative estimate of drug-likeness (QED) is 0.452. The monoisotopic (exact) mass is 341 g/mol.